The quantitative estimate of drug-likeness (QED) is 0.160. The average Bonchev–Trinajstić information content (AvgIpc) is 4.02. The monoisotopic (exact) mass is 817 g/mol. The summed E-state index contributed by atoms with van der Waals surface area (Å²) in [7, 11) is 0. The highest BCUT2D eigenvalue weighted by molar-refractivity contribution is 6.11. The van der Waals surface area contributed by atoms with Crippen molar-refractivity contribution in [2.45, 2.75) is 0 Å². The Balaban J connectivity index is 0.861. The van der Waals surface area contributed by atoms with Gasteiger partial charge in [0.25, 0.3) is 0 Å². The second-order valence-corrected chi connectivity index (χ2v) is 16.5. The molecule has 64 heavy (non-hydrogen) atoms. The molecule has 4 heteroatoms. The highest BCUT2D eigenvalue weighted by Gasteiger charge is 2.18. The van der Waals surface area contributed by atoms with Crippen molar-refractivity contribution in [3.63, 3.8) is 0 Å². The summed E-state index contributed by atoms with van der Waals surface area (Å²) in [6.45, 7) is 0. The van der Waals surface area contributed by atoms with Crippen LogP contribution in [0.15, 0.2) is 241 Å². The third-order valence-electron chi connectivity index (χ3n) is 12.9. The molecule has 0 N–H and O–H groups in total. The lowest BCUT2D eigenvalue weighted by Crippen LogP contribution is -2.10. The summed E-state index contributed by atoms with van der Waals surface area (Å²) in [5.41, 5.74) is 16.8. The Labute approximate surface area is 369 Å². The van der Waals surface area contributed by atoms with E-state index in [9.17, 15) is 0 Å². The minimum absolute atomic E-state index is 0.879. The summed E-state index contributed by atoms with van der Waals surface area (Å²) >= 11 is 0. The van der Waals surface area contributed by atoms with E-state index in [1.54, 1.807) is 0 Å². The molecule has 3 heterocycles. The normalized spacial score (nSPS) is 11.8. The Hall–Kier alpha value is -8.60. The molecule has 300 valence electrons. The van der Waals surface area contributed by atoms with Gasteiger partial charge in [0.1, 0.15) is 11.2 Å². The summed E-state index contributed by atoms with van der Waals surface area (Å²) < 4.78 is 11.0. The Bertz CT molecular complexity index is 3820. The molecule has 0 bridgehead atoms. The second-order valence-electron chi connectivity index (χ2n) is 16.5. The number of rotatable bonds is 7. The molecule has 0 aliphatic heterocycles. The van der Waals surface area contributed by atoms with Gasteiger partial charge in [-0.2, -0.15) is 0 Å². The minimum atomic E-state index is 0.879. The molecule has 0 aliphatic carbocycles. The van der Waals surface area contributed by atoms with Crippen LogP contribution < -0.4 is 4.90 Å². The predicted octanol–water partition coefficient (Wildman–Crippen LogP) is 16.6. The highest BCUT2D eigenvalue weighted by Crippen LogP contribution is 2.41. The number of fused-ring (bicyclic) bond motifs is 9. The van der Waals surface area contributed by atoms with Crippen molar-refractivity contribution >= 4 is 82.6 Å². The fourth-order valence-corrected chi connectivity index (χ4v) is 9.92. The van der Waals surface area contributed by atoms with Crippen LogP contribution in [-0.2, 0) is 0 Å². The standard InChI is InChI=1S/C60H39N3O/c1-2-12-44(13-3-1)62-57-20-10-6-16-51(57)53-38-43(28-36-58(53)62)42-24-22-40(23-25-42)41-26-29-45(30-27-41)61(48-35-37-60-54(39-48)52-17-7-11-21-59(52)64-60)46-31-33-47(34-32-46)63-55-18-8-4-14-49(55)50-15-5-9-19-56(50)63/h1-39H. The van der Waals surface area contributed by atoms with E-state index in [1.165, 1.54) is 66.0 Å². The van der Waals surface area contributed by atoms with Gasteiger partial charge >= 0.3 is 0 Å². The van der Waals surface area contributed by atoms with Crippen LogP contribution in [0, 0.1) is 0 Å². The van der Waals surface area contributed by atoms with Gasteiger partial charge in [0.05, 0.1) is 22.1 Å². The largest absolute Gasteiger partial charge is 0.456 e. The third kappa shape index (κ3) is 5.77. The zero-order chi connectivity index (χ0) is 42.1. The van der Waals surface area contributed by atoms with Crippen LogP contribution in [-0.4, -0.2) is 9.13 Å². The summed E-state index contributed by atoms with van der Waals surface area (Å²) in [5, 5.41) is 7.22. The maximum absolute atomic E-state index is 6.26. The van der Waals surface area contributed by atoms with Crippen molar-refractivity contribution in [1.29, 1.82) is 0 Å². The molecule has 10 aromatic carbocycles. The van der Waals surface area contributed by atoms with E-state index < -0.39 is 0 Å². The second kappa shape index (κ2) is 14.5. The molecule has 13 aromatic rings. The zero-order valence-electron chi connectivity index (χ0n) is 34.8. The van der Waals surface area contributed by atoms with Crippen LogP contribution >= 0.6 is 0 Å². The molecule has 0 unspecified atom stereocenters. The first-order valence-corrected chi connectivity index (χ1v) is 21.8. The van der Waals surface area contributed by atoms with Crippen LogP contribution in [0.25, 0.3) is 99.2 Å². The smallest absolute Gasteiger partial charge is 0.135 e. The Morgan fingerprint density at radius 1 is 0.266 bits per heavy atom. The lowest BCUT2D eigenvalue weighted by molar-refractivity contribution is 0.669. The number of anilines is 3. The maximum Gasteiger partial charge on any atom is 0.135 e. The van der Waals surface area contributed by atoms with E-state index in [1.807, 2.05) is 12.1 Å². The molecule has 0 amide bonds. The summed E-state index contributed by atoms with van der Waals surface area (Å²) in [4.78, 5) is 2.34. The van der Waals surface area contributed by atoms with Crippen molar-refractivity contribution in [3.8, 4) is 33.6 Å². The fourth-order valence-electron chi connectivity index (χ4n) is 9.92. The van der Waals surface area contributed by atoms with Crippen molar-refractivity contribution in [2.75, 3.05) is 4.90 Å². The predicted molar refractivity (Wildman–Crippen MR) is 268 cm³/mol. The zero-order valence-corrected chi connectivity index (χ0v) is 34.8. The Morgan fingerprint density at radius 3 is 1.31 bits per heavy atom. The number of hydrogen-bond donors (Lipinski definition) is 0. The number of furan rings is 1. The van der Waals surface area contributed by atoms with E-state index in [-0.39, 0.29) is 0 Å². The van der Waals surface area contributed by atoms with Gasteiger partial charge in [0.2, 0.25) is 0 Å². The van der Waals surface area contributed by atoms with Crippen molar-refractivity contribution < 1.29 is 4.42 Å². The molecule has 0 saturated carbocycles. The van der Waals surface area contributed by atoms with Gasteiger partial charge in [0.15, 0.2) is 0 Å². The molecule has 13 rings (SSSR count). The molecule has 0 radical (unpaired) electrons. The van der Waals surface area contributed by atoms with Gasteiger partial charge in [0, 0.05) is 60.8 Å². The van der Waals surface area contributed by atoms with Crippen LogP contribution in [0.1, 0.15) is 0 Å². The first-order chi connectivity index (χ1) is 31.7. The third-order valence-corrected chi connectivity index (χ3v) is 12.9. The van der Waals surface area contributed by atoms with Crippen LogP contribution in [0.5, 0.6) is 0 Å². The Kier molecular flexibility index (Phi) is 8.18. The first kappa shape index (κ1) is 36.1. The van der Waals surface area contributed by atoms with Gasteiger partial charge in [-0.25, -0.2) is 0 Å². The van der Waals surface area contributed by atoms with E-state index >= 15 is 0 Å². The summed E-state index contributed by atoms with van der Waals surface area (Å²) in [6.07, 6.45) is 0. The van der Waals surface area contributed by atoms with E-state index in [0.717, 1.165) is 50.3 Å². The van der Waals surface area contributed by atoms with Crippen LogP contribution in [0.3, 0.4) is 0 Å². The molecule has 3 aromatic heterocycles. The molecule has 0 saturated heterocycles. The van der Waals surface area contributed by atoms with Gasteiger partial charge in [-0.05, 0) is 125 Å². The number of aromatic nitrogens is 2. The maximum atomic E-state index is 6.26. The lowest BCUT2D eigenvalue weighted by Gasteiger charge is -2.26. The molecule has 0 atom stereocenters. The molecule has 0 fully saturated rings. The van der Waals surface area contributed by atoms with E-state index in [2.05, 4.69) is 238 Å². The summed E-state index contributed by atoms with van der Waals surface area (Å²) in [5.74, 6) is 0. The minimum Gasteiger partial charge on any atom is -0.456 e. The SMILES string of the molecule is c1ccc(-n2c3ccccc3c3cc(-c4ccc(-c5ccc(N(c6ccc(-n7c8ccccc8c8ccccc87)cc6)c6ccc7oc8ccccc8c7c6)cc5)cc4)ccc32)cc1. The number of benzene rings is 10. The van der Waals surface area contributed by atoms with Gasteiger partial charge in [-0.1, -0.05) is 133 Å². The first-order valence-electron chi connectivity index (χ1n) is 21.8. The van der Waals surface area contributed by atoms with Gasteiger partial charge in [-0.15, -0.1) is 0 Å². The molecular weight excluding hydrogens is 779 g/mol. The molecular formula is C60H39N3O. The molecule has 4 nitrogen and oxygen atoms in total. The molecule has 0 spiro atoms. The van der Waals surface area contributed by atoms with E-state index in [0.29, 0.717) is 0 Å². The lowest BCUT2D eigenvalue weighted by atomic mass is 9.99. The topological polar surface area (TPSA) is 26.2 Å². The molecule has 0 aliphatic rings. The van der Waals surface area contributed by atoms with Gasteiger partial charge < -0.3 is 18.5 Å². The van der Waals surface area contributed by atoms with Gasteiger partial charge in [-0.3, -0.25) is 0 Å². The average molecular weight is 818 g/mol. The fraction of sp³-hybridized carbons (Fsp3) is 0. The Morgan fingerprint density at radius 2 is 0.688 bits per heavy atom. The highest BCUT2D eigenvalue weighted by atomic mass is 16.3. The van der Waals surface area contributed by atoms with Crippen molar-refractivity contribution in [3.05, 3.63) is 237 Å². The van der Waals surface area contributed by atoms with Crippen LogP contribution in [0.2, 0.25) is 0 Å². The van der Waals surface area contributed by atoms with Crippen molar-refractivity contribution in [1.82, 2.24) is 9.13 Å². The van der Waals surface area contributed by atoms with E-state index in [4.69, 9.17) is 4.42 Å². The number of nitrogens with zero attached hydrogens (tertiary/aromatic N) is 3. The van der Waals surface area contributed by atoms with Crippen LogP contribution in [0.4, 0.5) is 17.1 Å². The number of hydrogen-bond acceptors (Lipinski definition) is 2. The van der Waals surface area contributed by atoms with Crippen molar-refractivity contribution in [2.24, 2.45) is 0 Å². The summed E-state index contributed by atoms with van der Waals surface area (Å²) in [6, 6.07) is 85.2. The number of para-hydroxylation sites is 5.